The van der Waals surface area contributed by atoms with E-state index in [1.54, 1.807) is 12.3 Å². The Balaban J connectivity index is 2.69. The highest BCUT2D eigenvalue weighted by molar-refractivity contribution is 5.90. The summed E-state index contributed by atoms with van der Waals surface area (Å²) in [5.41, 5.74) is -0.138. The van der Waals surface area contributed by atoms with Crippen molar-refractivity contribution in [1.82, 2.24) is 9.97 Å². The van der Waals surface area contributed by atoms with Crippen LogP contribution in [0.5, 0.6) is 0 Å². The van der Waals surface area contributed by atoms with Gasteiger partial charge in [-0.05, 0) is 13.0 Å². The fraction of sp³-hybridized carbons (Fsp3) is 0.583. The van der Waals surface area contributed by atoms with Gasteiger partial charge >= 0.3 is 0 Å². The average molecular weight is 237 g/mol. The van der Waals surface area contributed by atoms with Crippen molar-refractivity contribution >= 4 is 11.7 Å². The molecule has 0 aliphatic heterocycles. The lowest BCUT2D eigenvalue weighted by Crippen LogP contribution is -2.21. The minimum Gasteiger partial charge on any atom is -0.372 e. The van der Waals surface area contributed by atoms with Crippen LogP contribution in [0.2, 0.25) is 0 Å². The van der Waals surface area contributed by atoms with Crippen molar-refractivity contribution in [3.05, 3.63) is 18.1 Å². The van der Waals surface area contributed by atoms with E-state index in [-0.39, 0.29) is 17.9 Å². The Labute approximate surface area is 102 Å². The second kappa shape index (κ2) is 5.72. The number of rotatable bonds is 4. The predicted octanol–water partition coefficient (Wildman–Crippen LogP) is 1.75. The van der Waals surface area contributed by atoms with Gasteiger partial charge in [0.25, 0.3) is 5.91 Å². The molecular weight excluding hydrogens is 218 g/mol. The van der Waals surface area contributed by atoms with Crippen molar-refractivity contribution in [1.29, 1.82) is 0 Å². The molecule has 94 valence electrons. The van der Waals surface area contributed by atoms with Gasteiger partial charge < -0.3 is 10.1 Å². The lowest BCUT2D eigenvalue weighted by molar-refractivity contribution is -0.120. The Hall–Kier alpha value is -1.49. The number of anilines is 1. The van der Waals surface area contributed by atoms with Crippen LogP contribution >= 0.6 is 0 Å². The molecule has 0 fully saturated rings. The molecule has 0 radical (unpaired) electrons. The molecule has 0 unspecified atom stereocenters. The topological polar surface area (TPSA) is 64.1 Å². The molecule has 5 heteroatoms. The van der Waals surface area contributed by atoms with E-state index in [2.05, 4.69) is 15.3 Å². The summed E-state index contributed by atoms with van der Waals surface area (Å²) in [6.45, 7) is 8.47. The van der Waals surface area contributed by atoms with Gasteiger partial charge in [0.05, 0.1) is 0 Å². The summed E-state index contributed by atoms with van der Waals surface area (Å²) in [5.74, 6) is 1.01. The third-order valence-corrected chi connectivity index (χ3v) is 2.03. The molecular formula is C12H19N3O2. The van der Waals surface area contributed by atoms with Gasteiger partial charge in [0, 0.05) is 18.2 Å². The molecule has 17 heavy (non-hydrogen) atoms. The highest BCUT2D eigenvalue weighted by Crippen LogP contribution is 2.18. The largest absolute Gasteiger partial charge is 0.372 e. The fourth-order valence-electron chi connectivity index (χ4n) is 1.16. The molecule has 1 heterocycles. The van der Waals surface area contributed by atoms with Crippen LogP contribution in [0.1, 0.15) is 33.5 Å². The summed E-state index contributed by atoms with van der Waals surface area (Å²) in [6, 6.07) is 1.67. The molecule has 0 aliphatic rings. The molecule has 1 aromatic heterocycles. The summed E-state index contributed by atoms with van der Waals surface area (Å²) in [6.07, 6.45) is 1.64. The number of carbonyl (C=O) groups is 1. The third kappa shape index (κ3) is 4.48. The molecule has 0 aliphatic carbocycles. The van der Waals surface area contributed by atoms with Crippen LogP contribution < -0.4 is 5.32 Å². The molecule has 0 spiro atoms. The highest BCUT2D eigenvalue weighted by atomic mass is 16.5. The van der Waals surface area contributed by atoms with Gasteiger partial charge in [-0.25, -0.2) is 9.97 Å². The normalized spacial score (nSPS) is 11.3. The smallest absolute Gasteiger partial charge is 0.251 e. The number of amides is 1. The molecule has 0 bridgehead atoms. The van der Waals surface area contributed by atoms with Crippen molar-refractivity contribution in [2.24, 2.45) is 0 Å². The first-order valence-electron chi connectivity index (χ1n) is 5.64. The zero-order valence-corrected chi connectivity index (χ0v) is 10.8. The lowest BCUT2D eigenvalue weighted by atomic mass is 9.96. The number of ether oxygens (including phenoxy) is 1. The van der Waals surface area contributed by atoms with E-state index in [1.165, 1.54) is 0 Å². The minimum atomic E-state index is -0.203. The second-order valence-electron chi connectivity index (χ2n) is 4.70. The Morgan fingerprint density at radius 1 is 1.47 bits per heavy atom. The number of carbonyl (C=O) groups excluding carboxylic acids is 1. The number of hydrogen-bond donors (Lipinski definition) is 1. The maximum Gasteiger partial charge on any atom is 0.251 e. The van der Waals surface area contributed by atoms with Crippen molar-refractivity contribution in [2.75, 3.05) is 18.5 Å². The summed E-state index contributed by atoms with van der Waals surface area (Å²) >= 11 is 0. The van der Waals surface area contributed by atoms with Crippen LogP contribution in [-0.2, 0) is 14.9 Å². The van der Waals surface area contributed by atoms with Gasteiger partial charge in [0.1, 0.15) is 18.2 Å². The predicted molar refractivity (Wildman–Crippen MR) is 65.9 cm³/mol. The first kappa shape index (κ1) is 13.6. The lowest BCUT2D eigenvalue weighted by Gasteiger charge is -2.16. The zero-order chi connectivity index (χ0) is 12.9. The van der Waals surface area contributed by atoms with Crippen LogP contribution in [0.15, 0.2) is 12.3 Å². The summed E-state index contributed by atoms with van der Waals surface area (Å²) in [5, 5.41) is 2.67. The van der Waals surface area contributed by atoms with Crippen molar-refractivity contribution < 1.29 is 9.53 Å². The van der Waals surface area contributed by atoms with E-state index < -0.39 is 0 Å². The molecule has 1 rings (SSSR count). The first-order valence-corrected chi connectivity index (χ1v) is 5.64. The van der Waals surface area contributed by atoms with E-state index in [0.717, 1.165) is 0 Å². The first-order chi connectivity index (χ1) is 7.93. The van der Waals surface area contributed by atoms with E-state index in [1.807, 2.05) is 27.7 Å². The minimum absolute atomic E-state index is 0.0470. The van der Waals surface area contributed by atoms with Gasteiger partial charge in [0.15, 0.2) is 0 Å². The molecule has 0 saturated carbocycles. The molecule has 1 N–H and O–H groups in total. The summed E-state index contributed by atoms with van der Waals surface area (Å²) in [4.78, 5) is 19.9. The quantitative estimate of drug-likeness (QED) is 0.866. The molecule has 0 atom stereocenters. The number of hydrogen-bond acceptors (Lipinski definition) is 4. The summed E-state index contributed by atoms with van der Waals surface area (Å²) < 4.78 is 5.01. The van der Waals surface area contributed by atoms with E-state index in [4.69, 9.17) is 4.74 Å². The van der Waals surface area contributed by atoms with Gasteiger partial charge in [-0.1, -0.05) is 20.8 Å². The maximum atomic E-state index is 11.4. The molecule has 0 saturated heterocycles. The average Bonchev–Trinajstić information content (AvgIpc) is 2.25. The second-order valence-corrected chi connectivity index (χ2v) is 4.70. The highest BCUT2D eigenvalue weighted by Gasteiger charge is 2.17. The van der Waals surface area contributed by atoms with Crippen LogP contribution in [0, 0.1) is 0 Å². The maximum absolute atomic E-state index is 11.4. The summed E-state index contributed by atoms with van der Waals surface area (Å²) in [7, 11) is 0. The number of aromatic nitrogens is 2. The van der Waals surface area contributed by atoms with Crippen molar-refractivity contribution in [3.63, 3.8) is 0 Å². The molecule has 5 nitrogen and oxygen atoms in total. The monoisotopic (exact) mass is 237 g/mol. The van der Waals surface area contributed by atoms with Crippen LogP contribution in [0.4, 0.5) is 5.82 Å². The molecule has 0 aromatic carbocycles. The van der Waals surface area contributed by atoms with Gasteiger partial charge in [-0.3, -0.25) is 4.79 Å². The Morgan fingerprint density at radius 3 is 2.76 bits per heavy atom. The van der Waals surface area contributed by atoms with E-state index in [0.29, 0.717) is 18.2 Å². The van der Waals surface area contributed by atoms with Crippen LogP contribution in [0.25, 0.3) is 0 Å². The van der Waals surface area contributed by atoms with E-state index in [9.17, 15) is 4.79 Å². The Kier molecular flexibility index (Phi) is 4.57. The zero-order valence-electron chi connectivity index (χ0n) is 10.8. The van der Waals surface area contributed by atoms with Gasteiger partial charge in [-0.2, -0.15) is 0 Å². The number of nitrogens with zero attached hydrogens (tertiary/aromatic N) is 2. The fourth-order valence-corrected chi connectivity index (χ4v) is 1.16. The third-order valence-electron chi connectivity index (χ3n) is 2.03. The van der Waals surface area contributed by atoms with E-state index >= 15 is 0 Å². The van der Waals surface area contributed by atoms with Crippen LogP contribution in [-0.4, -0.2) is 29.1 Å². The van der Waals surface area contributed by atoms with Crippen LogP contribution in [0.3, 0.4) is 0 Å². The van der Waals surface area contributed by atoms with Crippen molar-refractivity contribution in [2.45, 2.75) is 33.1 Å². The SMILES string of the molecule is CCOCC(=O)Nc1ccnc(C(C)(C)C)n1. The molecule has 1 amide bonds. The van der Waals surface area contributed by atoms with Crippen molar-refractivity contribution in [3.8, 4) is 0 Å². The standard InChI is InChI=1S/C12H19N3O2/c1-5-17-8-10(16)14-9-6-7-13-11(15-9)12(2,3)4/h6-7H,5,8H2,1-4H3,(H,13,14,15,16). The molecule has 1 aromatic rings. The Bertz CT molecular complexity index is 386. The van der Waals surface area contributed by atoms with Gasteiger partial charge in [0.2, 0.25) is 0 Å². The van der Waals surface area contributed by atoms with Gasteiger partial charge in [-0.15, -0.1) is 0 Å². The number of nitrogens with one attached hydrogen (secondary N) is 1. The Morgan fingerprint density at radius 2 is 2.18 bits per heavy atom.